The molecule has 0 unspecified atom stereocenters. The van der Waals surface area contributed by atoms with Crippen molar-refractivity contribution in [2.75, 3.05) is 24.7 Å². The zero-order valence-electron chi connectivity index (χ0n) is 12.1. The summed E-state index contributed by atoms with van der Waals surface area (Å²) >= 11 is 11.8. The third kappa shape index (κ3) is 4.27. The molecule has 0 saturated carbocycles. The second-order valence-corrected chi connectivity index (χ2v) is 8.17. The number of sulfone groups is 1. The molecule has 1 atom stereocenters. The Morgan fingerprint density at radius 2 is 2.14 bits per heavy atom. The normalized spacial score (nSPS) is 19.9. The van der Waals surface area contributed by atoms with Crippen LogP contribution in [0.15, 0.2) is 18.2 Å². The fraction of sp³-hybridized carbons (Fsp3) is 0.500. The van der Waals surface area contributed by atoms with Gasteiger partial charge in [-0.3, -0.25) is 4.79 Å². The van der Waals surface area contributed by atoms with Gasteiger partial charge in [-0.1, -0.05) is 23.2 Å². The van der Waals surface area contributed by atoms with Crippen LogP contribution in [0, 0.1) is 0 Å². The van der Waals surface area contributed by atoms with E-state index in [1.54, 1.807) is 17.0 Å². The summed E-state index contributed by atoms with van der Waals surface area (Å²) in [6.07, 6.45) is 0.476. The lowest BCUT2D eigenvalue weighted by atomic mass is 10.2. The highest BCUT2D eigenvalue weighted by molar-refractivity contribution is 7.91. The van der Waals surface area contributed by atoms with Gasteiger partial charge in [-0.05, 0) is 31.5 Å². The molecule has 1 aromatic carbocycles. The summed E-state index contributed by atoms with van der Waals surface area (Å²) in [5.74, 6) is 0.268. The van der Waals surface area contributed by atoms with Crippen molar-refractivity contribution >= 4 is 38.9 Å². The Hall–Kier alpha value is -0.980. The SMILES string of the molecule is CCN(C(=O)COc1ccc(Cl)cc1Cl)[C@@H]1CCS(=O)(=O)C1. The van der Waals surface area contributed by atoms with Gasteiger partial charge in [0.15, 0.2) is 16.4 Å². The predicted octanol–water partition coefficient (Wildman–Crippen LogP) is 2.41. The molecule has 1 amide bonds. The van der Waals surface area contributed by atoms with Gasteiger partial charge in [0.05, 0.1) is 16.5 Å². The van der Waals surface area contributed by atoms with Gasteiger partial charge in [-0.2, -0.15) is 0 Å². The number of rotatable bonds is 5. The molecule has 2 rings (SSSR count). The molecule has 1 saturated heterocycles. The first-order valence-corrected chi connectivity index (χ1v) is 9.48. The minimum Gasteiger partial charge on any atom is -0.482 e. The van der Waals surface area contributed by atoms with Gasteiger partial charge in [0, 0.05) is 17.6 Å². The van der Waals surface area contributed by atoms with Crippen molar-refractivity contribution < 1.29 is 17.9 Å². The number of hydrogen-bond acceptors (Lipinski definition) is 4. The minimum absolute atomic E-state index is 0.0221. The number of likely N-dealkylation sites (N-methyl/N-ethyl adjacent to an activating group) is 1. The molecule has 22 heavy (non-hydrogen) atoms. The number of halogens is 2. The van der Waals surface area contributed by atoms with E-state index in [1.165, 1.54) is 6.07 Å². The van der Waals surface area contributed by atoms with E-state index in [1.807, 2.05) is 6.92 Å². The van der Waals surface area contributed by atoms with E-state index in [0.29, 0.717) is 28.8 Å². The first kappa shape index (κ1) is 17.4. The molecule has 0 aliphatic carbocycles. The highest BCUT2D eigenvalue weighted by Gasteiger charge is 2.33. The zero-order valence-corrected chi connectivity index (χ0v) is 14.4. The maximum Gasteiger partial charge on any atom is 0.260 e. The largest absolute Gasteiger partial charge is 0.482 e. The first-order valence-electron chi connectivity index (χ1n) is 6.90. The molecule has 0 spiro atoms. The van der Waals surface area contributed by atoms with Gasteiger partial charge in [0.25, 0.3) is 5.91 Å². The fourth-order valence-electron chi connectivity index (χ4n) is 2.47. The number of carbonyl (C=O) groups is 1. The molecular formula is C14H17Cl2NO4S. The van der Waals surface area contributed by atoms with E-state index in [2.05, 4.69) is 0 Å². The van der Waals surface area contributed by atoms with Gasteiger partial charge < -0.3 is 9.64 Å². The Morgan fingerprint density at radius 1 is 1.41 bits per heavy atom. The van der Waals surface area contributed by atoms with Crippen LogP contribution in [0.4, 0.5) is 0 Å². The van der Waals surface area contributed by atoms with Crippen molar-refractivity contribution in [3.8, 4) is 5.75 Å². The van der Waals surface area contributed by atoms with E-state index < -0.39 is 9.84 Å². The van der Waals surface area contributed by atoms with Gasteiger partial charge in [-0.25, -0.2) is 8.42 Å². The molecule has 5 nitrogen and oxygen atoms in total. The second-order valence-electron chi connectivity index (χ2n) is 5.10. The summed E-state index contributed by atoms with van der Waals surface area (Å²) in [7, 11) is -3.03. The maximum absolute atomic E-state index is 12.3. The Labute approximate surface area is 140 Å². The van der Waals surface area contributed by atoms with Gasteiger partial charge in [0.2, 0.25) is 0 Å². The number of nitrogens with zero attached hydrogens (tertiary/aromatic N) is 1. The van der Waals surface area contributed by atoms with Crippen molar-refractivity contribution in [3.05, 3.63) is 28.2 Å². The van der Waals surface area contributed by atoms with Gasteiger partial charge >= 0.3 is 0 Å². The fourth-order valence-corrected chi connectivity index (χ4v) is 4.67. The third-order valence-corrected chi connectivity index (χ3v) is 5.84. The molecule has 0 bridgehead atoms. The average molecular weight is 366 g/mol. The van der Waals surface area contributed by atoms with E-state index in [-0.39, 0.29) is 30.1 Å². The summed E-state index contributed by atoms with van der Waals surface area (Å²) in [5, 5.41) is 0.807. The van der Waals surface area contributed by atoms with Crippen LogP contribution in [0.3, 0.4) is 0 Å². The third-order valence-electron chi connectivity index (χ3n) is 3.56. The van der Waals surface area contributed by atoms with Crippen molar-refractivity contribution in [1.82, 2.24) is 4.90 Å². The maximum atomic E-state index is 12.3. The van der Waals surface area contributed by atoms with Crippen molar-refractivity contribution in [2.24, 2.45) is 0 Å². The number of benzene rings is 1. The highest BCUT2D eigenvalue weighted by atomic mass is 35.5. The van der Waals surface area contributed by atoms with Crippen molar-refractivity contribution in [1.29, 1.82) is 0 Å². The van der Waals surface area contributed by atoms with Crippen LogP contribution < -0.4 is 4.74 Å². The van der Waals surface area contributed by atoms with Crippen molar-refractivity contribution in [3.63, 3.8) is 0 Å². The molecule has 1 fully saturated rings. The van der Waals surface area contributed by atoms with Gasteiger partial charge in [-0.15, -0.1) is 0 Å². The topological polar surface area (TPSA) is 63.7 Å². The number of ether oxygens (including phenoxy) is 1. The van der Waals surface area contributed by atoms with E-state index in [4.69, 9.17) is 27.9 Å². The average Bonchev–Trinajstić information content (AvgIpc) is 2.78. The lowest BCUT2D eigenvalue weighted by Crippen LogP contribution is -2.43. The Balaban J connectivity index is 1.98. The number of carbonyl (C=O) groups excluding carboxylic acids is 1. The van der Waals surface area contributed by atoms with Crippen LogP contribution in [-0.4, -0.2) is 49.9 Å². The molecule has 122 valence electrons. The van der Waals surface area contributed by atoms with E-state index in [0.717, 1.165) is 0 Å². The van der Waals surface area contributed by atoms with Crippen LogP contribution >= 0.6 is 23.2 Å². The minimum atomic E-state index is -3.03. The van der Waals surface area contributed by atoms with Gasteiger partial charge in [0.1, 0.15) is 5.75 Å². The summed E-state index contributed by atoms with van der Waals surface area (Å²) in [5.41, 5.74) is 0. The smallest absolute Gasteiger partial charge is 0.260 e. The molecule has 1 aromatic rings. The summed E-state index contributed by atoms with van der Waals surface area (Å²) in [6.45, 7) is 2.07. The molecule has 1 heterocycles. The lowest BCUT2D eigenvalue weighted by molar-refractivity contribution is -0.135. The Bertz CT molecular complexity index is 663. The van der Waals surface area contributed by atoms with Crippen LogP contribution in [0.5, 0.6) is 5.75 Å². The van der Waals surface area contributed by atoms with Crippen LogP contribution in [0.1, 0.15) is 13.3 Å². The zero-order chi connectivity index (χ0) is 16.3. The first-order chi connectivity index (χ1) is 10.3. The molecular weight excluding hydrogens is 349 g/mol. The second kappa shape index (κ2) is 7.06. The summed E-state index contributed by atoms with van der Waals surface area (Å²) < 4.78 is 28.5. The molecule has 1 aliphatic rings. The molecule has 8 heteroatoms. The van der Waals surface area contributed by atoms with Crippen molar-refractivity contribution in [2.45, 2.75) is 19.4 Å². The van der Waals surface area contributed by atoms with E-state index >= 15 is 0 Å². The quantitative estimate of drug-likeness (QED) is 0.803. The standard InChI is InChI=1S/C14H17Cl2NO4S/c1-2-17(11-5-6-22(19,20)9-11)14(18)8-21-13-4-3-10(15)7-12(13)16/h3-4,7,11H,2,5-6,8-9H2,1H3/t11-/m1/s1. The predicted molar refractivity (Wildman–Crippen MR) is 86.4 cm³/mol. The Morgan fingerprint density at radius 3 is 2.68 bits per heavy atom. The monoisotopic (exact) mass is 365 g/mol. The summed E-state index contributed by atoms with van der Waals surface area (Å²) in [4.78, 5) is 13.8. The van der Waals surface area contributed by atoms with Crippen LogP contribution in [-0.2, 0) is 14.6 Å². The molecule has 0 N–H and O–H groups in total. The van der Waals surface area contributed by atoms with Crippen LogP contribution in [0.25, 0.3) is 0 Å². The van der Waals surface area contributed by atoms with E-state index in [9.17, 15) is 13.2 Å². The molecule has 0 aromatic heterocycles. The highest BCUT2D eigenvalue weighted by Crippen LogP contribution is 2.27. The summed E-state index contributed by atoms with van der Waals surface area (Å²) in [6, 6.07) is 4.47. The number of amides is 1. The molecule has 0 radical (unpaired) electrons. The van der Waals surface area contributed by atoms with Crippen LogP contribution in [0.2, 0.25) is 10.0 Å². The number of hydrogen-bond donors (Lipinski definition) is 0. The molecule has 1 aliphatic heterocycles. The Kier molecular flexibility index (Phi) is 5.58. The lowest BCUT2D eigenvalue weighted by Gasteiger charge is -2.26.